The van der Waals surface area contributed by atoms with E-state index in [1.807, 2.05) is 68.0 Å². The van der Waals surface area contributed by atoms with Crippen molar-refractivity contribution in [2.75, 3.05) is 30.7 Å². The summed E-state index contributed by atoms with van der Waals surface area (Å²) in [5.41, 5.74) is 10.4. The van der Waals surface area contributed by atoms with Crippen molar-refractivity contribution in [2.45, 2.75) is 12.8 Å². The third-order valence-corrected chi connectivity index (χ3v) is 4.98. The van der Waals surface area contributed by atoms with Gasteiger partial charge in [0.25, 0.3) is 0 Å². The van der Waals surface area contributed by atoms with Crippen LogP contribution in [0.4, 0.5) is 11.5 Å². The van der Waals surface area contributed by atoms with Gasteiger partial charge in [-0.1, -0.05) is 36.4 Å². The second kappa shape index (κ2) is 13.4. The molecule has 8 heteroatoms. The van der Waals surface area contributed by atoms with Crippen molar-refractivity contribution in [1.29, 1.82) is 5.26 Å². The summed E-state index contributed by atoms with van der Waals surface area (Å²) in [6.07, 6.45) is 8.92. The number of pyridine rings is 2. The van der Waals surface area contributed by atoms with Crippen LogP contribution in [0.1, 0.15) is 17.7 Å². The molecule has 0 bridgehead atoms. The lowest BCUT2D eigenvalue weighted by atomic mass is 10.1. The van der Waals surface area contributed by atoms with Gasteiger partial charge in [0.2, 0.25) is 0 Å². The van der Waals surface area contributed by atoms with E-state index in [4.69, 9.17) is 11.0 Å². The number of nitrogens with two attached hydrogens (primary N) is 1. The highest BCUT2D eigenvalue weighted by molar-refractivity contribution is 5.72. The SMILES string of the molecule is Cn1cc(-c2cnc(N)c(NCCCNCCc3ccc(C#N)cn3)c2)cn1.c1ccccc1. The van der Waals surface area contributed by atoms with Gasteiger partial charge < -0.3 is 16.4 Å². The van der Waals surface area contributed by atoms with Gasteiger partial charge in [0.05, 0.1) is 17.4 Å². The largest absolute Gasteiger partial charge is 0.382 e. The van der Waals surface area contributed by atoms with Gasteiger partial charge in [0.15, 0.2) is 0 Å². The molecule has 0 saturated carbocycles. The van der Waals surface area contributed by atoms with Gasteiger partial charge in [-0.3, -0.25) is 9.67 Å². The van der Waals surface area contributed by atoms with E-state index in [9.17, 15) is 0 Å². The zero-order valence-electron chi connectivity index (χ0n) is 19.4. The first-order valence-corrected chi connectivity index (χ1v) is 11.2. The average Bonchev–Trinajstić information content (AvgIpc) is 3.32. The quantitative estimate of drug-likeness (QED) is 0.330. The monoisotopic (exact) mass is 454 g/mol. The molecule has 3 aromatic heterocycles. The maximum Gasteiger partial charge on any atom is 0.146 e. The smallest absolute Gasteiger partial charge is 0.146 e. The summed E-state index contributed by atoms with van der Waals surface area (Å²) in [6.45, 7) is 2.53. The fourth-order valence-corrected chi connectivity index (χ4v) is 3.15. The Morgan fingerprint density at radius 1 is 0.941 bits per heavy atom. The van der Waals surface area contributed by atoms with Crippen LogP contribution < -0.4 is 16.4 Å². The normalized spacial score (nSPS) is 10.1. The van der Waals surface area contributed by atoms with E-state index in [2.05, 4.69) is 31.8 Å². The first-order valence-electron chi connectivity index (χ1n) is 11.2. The minimum absolute atomic E-state index is 0.493. The van der Waals surface area contributed by atoms with Crippen molar-refractivity contribution in [3.8, 4) is 17.2 Å². The van der Waals surface area contributed by atoms with Crippen LogP contribution in [0.5, 0.6) is 0 Å². The molecule has 0 aliphatic rings. The van der Waals surface area contributed by atoms with Crippen molar-refractivity contribution in [2.24, 2.45) is 7.05 Å². The van der Waals surface area contributed by atoms with Crippen LogP contribution in [0.3, 0.4) is 0 Å². The second-order valence-corrected chi connectivity index (χ2v) is 7.64. The lowest BCUT2D eigenvalue weighted by Gasteiger charge is -2.10. The zero-order valence-corrected chi connectivity index (χ0v) is 19.4. The van der Waals surface area contributed by atoms with Crippen LogP contribution in [0.2, 0.25) is 0 Å². The van der Waals surface area contributed by atoms with Crippen LogP contribution >= 0.6 is 0 Å². The Balaban J connectivity index is 0.000000469. The lowest BCUT2D eigenvalue weighted by Crippen LogP contribution is -2.21. The van der Waals surface area contributed by atoms with E-state index in [0.29, 0.717) is 11.4 Å². The van der Waals surface area contributed by atoms with Crippen molar-refractivity contribution in [1.82, 2.24) is 25.1 Å². The van der Waals surface area contributed by atoms with Crippen molar-refractivity contribution in [3.05, 3.63) is 90.6 Å². The van der Waals surface area contributed by atoms with Gasteiger partial charge in [-0.15, -0.1) is 0 Å². The van der Waals surface area contributed by atoms with Crippen LogP contribution in [0, 0.1) is 11.3 Å². The van der Waals surface area contributed by atoms with Crippen molar-refractivity contribution < 1.29 is 0 Å². The zero-order chi connectivity index (χ0) is 24.0. The Bertz CT molecular complexity index is 1140. The number of aryl methyl sites for hydroxylation is 1. The predicted octanol–water partition coefficient (Wildman–Crippen LogP) is 3.65. The molecule has 0 fully saturated rings. The summed E-state index contributed by atoms with van der Waals surface area (Å²) in [4.78, 5) is 8.54. The number of nitrogens with zero attached hydrogens (tertiary/aromatic N) is 5. The van der Waals surface area contributed by atoms with Gasteiger partial charge in [0, 0.05) is 62.0 Å². The van der Waals surface area contributed by atoms with Gasteiger partial charge >= 0.3 is 0 Å². The average molecular weight is 455 g/mol. The molecule has 1 aromatic carbocycles. The van der Waals surface area contributed by atoms with E-state index in [0.717, 1.165) is 55.0 Å². The highest BCUT2D eigenvalue weighted by Crippen LogP contribution is 2.24. The molecule has 0 aliphatic heterocycles. The first kappa shape index (κ1) is 24.4. The minimum atomic E-state index is 0.493. The standard InChI is InChI=1S/C20H24N8.C6H6/c1-28-14-17(13-27-28)16-9-19(20(22)26-12-16)24-7-2-6-23-8-5-18-4-3-15(10-21)11-25-18;1-2-4-6-5-3-1/h3-4,9,11-14,23-24H,2,5-8H2,1H3,(H2,22,26);1-6H. The molecule has 4 N–H and O–H groups in total. The fraction of sp³-hybridized carbons (Fsp3) is 0.231. The number of nitrogens with one attached hydrogen (secondary N) is 2. The molecule has 4 aromatic rings. The Labute approximate surface area is 200 Å². The van der Waals surface area contributed by atoms with Crippen LogP contribution in [-0.4, -0.2) is 39.4 Å². The number of rotatable bonds is 9. The summed E-state index contributed by atoms with van der Waals surface area (Å²) in [7, 11) is 1.89. The van der Waals surface area contributed by atoms with E-state index >= 15 is 0 Å². The third kappa shape index (κ3) is 8.04. The fourth-order valence-electron chi connectivity index (χ4n) is 3.15. The van der Waals surface area contributed by atoms with Crippen LogP contribution in [0.15, 0.2) is 79.4 Å². The molecule has 0 saturated heterocycles. The van der Waals surface area contributed by atoms with Gasteiger partial charge in [-0.05, 0) is 31.2 Å². The highest BCUT2D eigenvalue weighted by atomic mass is 15.2. The highest BCUT2D eigenvalue weighted by Gasteiger charge is 2.06. The van der Waals surface area contributed by atoms with Crippen molar-refractivity contribution >= 4 is 11.5 Å². The van der Waals surface area contributed by atoms with E-state index in [-0.39, 0.29) is 0 Å². The van der Waals surface area contributed by atoms with E-state index < -0.39 is 0 Å². The maximum atomic E-state index is 8.77. The number of hydrogen-bond donors (Lipinski definition) is 3. The van der Waals surface area contributed by atoms with Gasteiger partial charge in [-0.25, -0.2) is 4.98 Å². The number of hydrogen-bond acceptors (Lipinski definition) is 7. The maximum absolute atomic E-state index is 8.77. The molecule has 34 heavy (non-hydrogen) atoms. The number of nitrogen functional groups attached to an aromatic ring is 1. The lowest BCUT2D eigenvalue weighted by molar-refractivity contribution is 0.655. The Kier molecular flexibility index (Phi) is 9.59. The van der Waals surface area contributed by atoms with E-state index in [1.165, 1.54) is 0 Å². The first-order chi connectivity index (χ1) is 16.7. The van der Waals surface area contributed by atoms with Crippen LogP contribution in [-0.2, 0) is 13.5 Å². The molecular weight excluding hydrogens is 424 g/mol. The molecule has 0 aliphatic carbocycles. The van der Waals surface area contributed by atoms with Gasteiger partial charge in [0.1, 0.15) is 11.9 Å². The molecule has 174 valence electrons. The molecule has 4 rings (SSSR count). The topological polar surface area (TPSA) is 117 Å². The molecular formula is C26H30N8. The Morgan fingerprint density at radius 2 is 1.71 bits per heavy atom. The summed E-state index contributed by atoms with van der Waals surface area (Å²) in [5, 5.41) is 19.7. The molecule has 8 nitrogen and oxygen atoms in total. The molecule has 0 atom stereocenters. The summed E-state index contributed by atoms with van der Waals surface area (Å²) in [6, 6.07) is 19.8. The molecule has 0 spiro atoms. The molecule has 0 amide bonds. The number of nitriles is 1. The van der Waals surface area contributed by atoms with Crippen molar-refractivity contribution in [3.63, 3.8) is 0 Å². The molecule has 0 unspecified atom stereocenters. The summed E-state index contributed by atoms with van der Waals surface area (Å²) < 4.78 is 1.76. The predicted molar refractivity (Wildman–Crippen MR) is 136 cm³/mol. The number of benzene rings is 1. The third-order valence-electron chi connectivity index (χ3n) is 4.98. The minimum Gasteiger partial charge on any atom is -0.382 e. The number of anilines is 2. The van der Waals surface area contributed by atoms with E-state index in [1.54, 1.807) is 23.1 Å². The van der Waals surface area contributed by atoms with Gasteiger partial charge in [-0.2, -0.15) is 10.4 Å². The number of aromatic nitrogens is 4. The molecule has 0 radical (unpaired) electrons. The summed E-state index contributed by atoms with van der Waals surface area (Å²) in [5.74, 6) is 0.493. The Morgan fingerprint density at radius 3 is 2.32 bits per heavy atom. The summed E-state index contributed by atoms with van der Waals surface area (Å²) >= 11 is 0. The molecule has 3 heterocycles. The Hall–Kier alpha value is -4.22. The van der Waals surface area contributed by atoms with Crippen LogP contribution in [0.25, 0.3) is 11.1 Å². The second-order valence-electron chi connectivity index (χ2n) is 7.64.